The topological polar surface area (TPSA) is 15.3 Å². The van der Waals surface area contributed by atoms with Crippen LogP contribution in [0, 0.1) is 17.3 Å². The van der Waals surface area contributed by atoms with Gasteiger partial charge in [0.25, 0.3) is 0 Å². The third kappa shape index (κ3) is 2.04. The van der Waals surface area contributed by atoms with Gasteiger partial charge in [-0.05, 0) is 49.4 Å². The SMILES string of the molecule is CC1C2CNCC2CN1C1CSCCC1(C)C. The molecule has 3 fully saturated rings. The maximum absolute atomic E-state index is 3.57. The van der Waals surface area contributed by atoms with Crippen molar-refractivity contribution < 1.29 is 0 Å². The Morgan fingerprint density at radius 1 is 1.29 bits per heavy atom. The molecule has 0 saturated carbocycles. The van der Waals surface area contributed by atoms with Crippen LogP contribution in [-0.2, 0) is 0 Å². The van der Waals surface area contributed by atoms with Gasteiger partial charge < -0.3 is 5.32 Å². The average Bonchev–Trinajstić information content (AvgIpc) is 2.82. The molecule has 0 radical (unpaired) electrons. The molecule has 3 heterocycles. The monoisotopic (exact) mass is 254 g/mol. The predicted octanol–water partition coefficient (Wildman–Crippen LogP) is 2.06. The predicted molar refractivity (Wildman–Crippen MR) is 75.5 cm³/mol. The summed E-state index contributed by atoms with van der Waals surface area (Å²) in [5.41, 5.74) is 0.519. The highest BCUT2D eigenvalue weighted by Crippen LogP contribution is 2.43. The minimum atomic E-state index is 0.519. The van der Waals surface area contributed by atoms with Crippen LogP contribution in [0.15, 0.2) is 0 Å². The highest BCUT2D eigenvalue weighted by atomic mass is 32.2. The van der Waals surface area contributed by atoms with E-state index in [1.54, 1.807) is 0 Å². The lowest BCUT2D eigenvalue weighted by molar-refractivity contribution is 0.0817. The van der Waals surface area contributed by atoms with Crippen molar-refractivity contribution in [3.8, 4) is 0 Å². The lowest BCUT2D eigenvalue weighted by atomic mass is 9.81. The van der Waals surface area contributed by atoms with Crippen molar-refractivity contribution in [2.75, 3.05) is 31.1 Å². The standard InChI is InChI=1S/C14H26N2S/c1-10-12-7-15-6-11(12)8-16(10)13-9-17-5-4-14(13,2)3/h10-13,15H,4-9H2,1-3H3. The molecule has 0 amide bonds. The van der Waals surface area contributed by atoms with Gasteiger partial charge in [-0.3, -0.25) is 4.90 Å². The molecule has 3 rings (SSSR count). The number of hydrogen-bond donors (Lipinski definition) is 1. The largest absolute Gasteiger partial charge is 0.316 e. The Balaban J connectivity index is 1.76. The number of nitrogens with one attached hydrogen (secondary N) is 1. The summed E-state index contributed by atoms with van der Waals surface area (Å²) in [7, 11) is 0. The average molecular weight is 254 g/mol. The third-order valence-corrected chi connectivity index (χ3v) is 6.49. The molecule has 4 unspecified atom stereocenters. The van der Waals surface area contributed by atoms with E-state index in [-0.39, 0.29) is 0 Å². The molecule has 17 heavy (non-hydrogen) atoms. The fourth-order valence-corrected chi connectivity index (χ4v) is 5.78. The number of rotatable bonds is 1. The van der Waals surface area contributed by atoms with Crippen LogP contribution in [-0.4, -0.2) is 48.1 Å². The van der Waals surface area contributed by atoms with Gasteiger partial charge in [0, 0.05) is 24.4 Å². The first-order valence-corrected chi connectivity index (χ1v) is 8.29. The second-order valence-electron chi connectivity index (χ2n) is 6.85. The summed E-state index contributed by atoms with van der Waals surface area (Å²) < 4.78 is 0. The van der Waals surface area contributed by atoms with Crippen molar-refractivity contribution in [2.24, 2.45) is 17.3 Å². The molecular weight excluding hydrogens is 228 g/mol. The van der Waals surface area contributed by atoms with Gasteiger partial charge in [-0.25, -0.2) is 0 Å². The van der Waals surface area contributed by atoms with Gasteiger partial charge in [0.2, 0.25) is 0 Å². The van der Waals surface area contributed by atoms with E-state index < -0.39 is 0 Å². The summed E-state index contributed by atoms with van der Waals surface area (Å²) in [6.45, 7) is 11.3. The summed E-state index contributed by atoms with van der Waals surface area (Å²) in [5, 5.41) is 3.57. The number of thioether (sulfide) groups is 1. The number of hydrogen-bond acceptors (Lipinski definition) is 3. The van der Waals surface area contributed by atoms with Crippen molar-refractivity contribution >= 4 is 11.8 Å². The zero-order valence-electron chi connectivity index (χ0n) is 11.4. The minimum absolute atomic E-state index is 0.519. The van der Waals surface area contributed by atoms with Gasteiger partial charge in [-0.1, -0.05) is 13.8 Å². The van der Waals surface area contributed by atoms with Crippen molar-refractivity contribution in [3.05, 3.63) is 0 Å². The third-order valence-electron chi connectivity index (χ3n) is 5.45. The maximum Gasteiger partial charge on any atom is 0.0240 e. The highest BCUT2D eigenvalue weighted by Gasteiger charge is 2.47. The summed E-state index contributed by atoms with van der Waals surface area (Å²) in [5.74, 6) is 4.55. The maximum atomic E-state index is 3.57. The quantitative estimate of drug-likeness (QED) is 0.771. The van der Waals surface area contributed by atoms with E-state index in [0.29, 0.717) is 5.41 Å². The first kappa shape index (κ1) is 12.3. The lowest BCUT2D eigenvalue weighted by Crippen LogP contribution is -2.51. The summed E-state index contributed by atoms with van der Waals surface area (Å²) in [4.78, 5) is 2.85. The summed E-state index contributed by atoms with van der Waals surface area (Å²) in [6, 6.07) is 1.60. The molecule has 0 aliphatic carbocycles. The second kappa shape index (κ2) is 4.43. The van der Waals surface area contributed by atoms with Gasteiger partial charge in [-0.2, -0.15) is 11.8 Å². The fraction of sp³-hybridized carbons (Fsp3) is 1.00. The van der Waals surface area contributed by atoms with Crippen molar-refractivity contribution in [3.63, 3.8) is 0 Å². The first-order valence-electron chi connectivity index (χ1n) is 7.14. The molecule has 2 nitrogen and oxygen atoms in total. The Kier molecular flexibility index (Phi) is 3.21. The van der Waals surface area contributed by atoms with Crippen LogP contribution in [0.2, 0.25) is 0 Å². The highest BCUT2D eigenvalue weighted by molar-refractivity contribution is 7.99. The number of nitrogens with zero attached hydrogens (tertiary/aromatic N) is 1. The Morgan fingerprint density at radius 2 is 2.12 bits per heavy atom. The van der Waals surface area contributed by atoms with Crippen LogP contribution in [0.3, 0.4) is 0 Å². The normalized spacial score (nSPS) is 46.1. The molecule has 98 valence electrons. The van der Waals surface area contributed by atoms with E-state index in [1.165, 1.54) is 37.6 Å². The Labute approximate surface area is 110 Å². The van der Waals surface area contributed by atoms with Crippen LogP contribution in [0.5, 0.6) is 0 Å². The van der Waals surface area contributed by atoms with Gasteiger partial charge in [-0.15, -0.1) is 0 Å². The van der Waals surface area contributed by atoms with Gasteiger partial charge in [0.05, 0.1) is 0 Å². The van der Waals surface area contributed by atoms with E-state index in [2.05, 4.69) is 42.7 Å². The molecule has 4 atom stereocenters. The van der Waals surface area contributed by atoms with E-state index >= 15 is 0 Å². The minimum Gasteiger partial charge on any atom is -0.316 e. The van der Waals surface area contributed by atoms with E-state index in [1.807, 2.05) is 0 Å². The molecule has 3 aliphatic rings. The van der Waals surface area contributed by atoms with Crippen LogP contribution in [0.1, 0.15) is 27.2 Å². The molecule has 3 saturated heterocycles. The lowest BCUT2D eigenvalue weighted by Gasteiger charge is -2.46. The van der Waals surface area contributed by atoms with Crippen LogP contribution in [0.4, 0.5) is 0 Å². The molecule has 3 heteroatoms. The molecular formula is C14H26N2S. The zero-order valence-corrected chi connectivity index (χ0v) is 12.2. The number of likely N-dealkylation sites (tertiary alicyclic amines) is 1. The van der Waals surface area contributed by atoms with Gasteiger partial charge >= 0.3 is 0 Å². The Hall–Kier alpha value is 0.270. The van der Waals surface area contributed by atoms with Crippen molar-refractivity contribution in [2.45, 2.75) is 39.3 Å². The van der Waals surface area contributed by atoms with E-state index in [4.69, 9.17) is 0 Å². The second-order valence-corrected chi connectivity index (χ2v) is 8.00. The van der Waals surface area contributed by atoms with Crippen molar-refractivity contribution in [1.29, 1.82) is 0 Å². The first-order chi connectivity index (χ1) is 8.09. The molecule has 0 aromatic rings. The van der Waals surface area contributed by atoms with Crippen LogP contribution >= 0.6 is 11.8 Å². The van der Waals surface area contributed by atoms with E-state index in [0.717, 1.165) is 23.9 Å². The molecule has 0 bridgehead atoms. The zero-order chi connectivity index (χ0) is 12.0. The Bertz CT molecular complexity index is 292. The molecule has 0 spiro atoms. The van der Waals surface area contributed by atoms with Gasteiger partial charge in [0.15, 0.2) is 0 Å². The summed E-state index contributed by atoms with van der Waals surface area (Å²) >= 11 is 2.16. The number of fused-ring (bicyclic) bond motifs is 1. The Morgan fingerprint density at radius 3 is 2.82 bits per heavy atom. The van der Waals surface area contributed by atoms with E-state index in [9.17, 15) is 0 Å². The molecule has 3 aliphatic heterocycles. The van der Waals surface area contributed by atoms with Crippen LogP contribution < -0.4 is 5.32 Å². The smallest absolute Gasteiger partial charge is 0.0240 e. The van der Waals surface area contributed by atoms with Crippen molar-refractivity contribution in [1.82, 2.24) is 10.2 Å². The molecule has 0 aromatic carbocycles. The summed E-state index contributed by atoms with van der Waals surface area (Å²) in [6.07, 6.45) is 1.39. The van der Waals surface area contributed by atoms with Crippen LogP contribution in [0.25, 0.3) is 0 Å². The van der Waals surface area contributed by atoms with Gasteiger partial charge in [0.1, 0.15) is 0 Å². The fourth-order valence-electron chi connectivity index (χ4n) is 4.08. The molecule has 0 aromatic heterocycles. The molecule has 1 N–H and O–H groups in total.